The van der Waals surface area contributed by atoms with Gasteiger partial charge in [-0.15, -0.1) is 0 Å². The van der Waals surface area contributed by atoms with Crippen LogP contribution in [0.4, 0.5) is 5.69 Å². The third-order valence-corrected chi connectivity index (χ3v) is 3.47. The Morgan fingerprint density at radius 2 is 2.00 bits per heavy atom. The molecule has 2 aromatic carbocycles. The third kappa shape index (κ3) is 3.50. The van der Waals surface area contributed by atoms with Gasteiger partial charge >= 0.3 is 5.97 Å². The standard InChI is InChI=1S/C13H7BrClNO5/c14-10-5-7(16(19)20)1-4-12(10)21-8-2-3-11(15)9(6-8)13(17)18/h1-6H,(H,17,18). The van der Waals surface area contributed by atoms with Crippen molar-refractivity contribution < 1.29 is 19.6 Å². The molecule has 0 amide bonds. The van der Waals surface area contributed by atoms with E-state index in [9.17, 15) is 14.9 Å². The number of rotatable bonds is 4. The van der Waals surface area contributed by atoms with Gasteiger partial charge in [-0.05, 0) is 40.2 Å². The summed E-state index contributed by atoms with van der Waals surface area (Å²) < 4.78 is 5.88. The molecule has 0 heterocycles. The molecule has 0 spiro atoms. The van der Waals surface area contributed by atoms with Crippen molar-refractivity contribution in [2.45, 2.75) is 0 Å². The van der Waals surface area contributed by atoms with Gasteiger partial charge in [0.05, 0.1) is 20.0 Å². The first kappa shape index (κ1) is 15.3. The summed E-state index contributed by atoms with van der Waals surface area (Å²) in [5.41, 5.74) is -0.177. The Morgan fingerprint density at radius 1 is 1.29 bits per heavy atom. The second-order valence-electron chi connectivity index (χ2n) is 3.92. The summed E-state index contributed by atoms with van der Waals surface area (Å²) in [4.78, 5) is 21.1. The fourth-order valence-electron chi connectivity index (χ4n) is 1.54. The molecule has 0 aliphatic heterocycles. The van der Waals surface area contributed by atoms with Crippen molar-refractivity contribution in [3.63, 3.8) is 0 Å². The van der Waals surface area contributed by atoms with Crippen molar-refractivity contribution in [2.24, 2.45) is 0 Å². The largest absolute Gasteiger partial charge is 0.478 e. The first-order valence-corrected chi connectivity index (χ1v) is 6.70. The molecule has 8 heteroatoms. The Morgan fingerprint density at radius 3 is 2.57 bits per heavy atom. The van der Waals surface area contributed by atoms with E-state index in [1.54, 1.807) is 0 Å². The molecule has 0 saturated carbocycles. The number of carboxylic acid groups (broad SMARTS) is 1. The van der Waals surface area contributed by atoms with Crippen LogP contribution < -0.4 is 4.74 Å². The lowest BCUT2D eigenvalue weighted by Crippen LogP contribution is -1.98. The number of aromatic carboxylic acids is 1. The molecule has 0 fully saturated rings. The first-order valence-electron chi connectivity index (χ1n) is 5.53. The molecule has 0 aliphatic rings. The average molecular weight is 373 g/mol. The Bertz CT molecular complexity index is 734. The number of carbonyl (C=O) groups is 1. The second kappa shape index (κ2) is 6.11. The zero-order valence-electron chi connectivity index (χ0n) is 10.2. The molecule has 0 atom stereocenters. The number of nitro groups is 1. The number of nitro benzene ring substituents is 1. The quantitative estimate of drug-likeness (QED) is 0.630. The lowest BCUT2D eigenvalue weighted by molar-refractivity contribution is -0.384. The molecule has 6 nitrogen and oxygen atoms in total. The van der Waals surface area contributed by atoms with Crippen molar-refractivity contribution in [1.29, 1.82) is 0 Å². The highest BCUT2D eigenvalue weighted by molar-refractivity contribution is 9.10. The van der Waals surface area contributed by atoms with Crippen molar-refractivity contribution in [3.05, 3.63) is 61.6 Å². The van der Waals surface area contributed by atoms with Gasteiger partial charge in [0.25, 0.3) is 5.69 Å². The molecule has 2 aromatic rings. The van der Waals surface area contributed by atoms with Crippen LogP contribution in [0.1, 0.15) is 10.4 Å². The molecule has 0 unspecified atom stereocenters. The van der Waals surface area contributed by atoms with E-state index in [4.69, 9.17) is 21.4 Å². The van der Waals surface area contributed by atoms with Crippen LogP contribution in [-0.4, -0.2) is 16.0 Å². The number of non-ortho nitro benzene ring substituents is 1. The van der Waals surface area contributed by atoms with Crippen molar-refractivity contribution in [2.75, 3.05) is 0 Å². The molecule has 108 valence electrons. The Balaban J connectivity index is 2.32. The molecule has 0 radical (unpaired) electrons. The summed E-state index contributed by atoms with van der Waals surface area (Å²) in [6.45, 7) is 0. The summed E-state index contributed by atoms with van der Waals surface area (Å²) in [5.74, 6) is -0.598. The Labute approximate surface area is 132 Å². The zero-order valence-corrected chi connectivity index (χ0v) is 12.6. The van der Waals surface area contributed by atoms with E-state index in [0.717, 1.165) is 0 Å². The van der Waals surface area contributed by atoms with Gasteiger partial charge in [0, 0.05) is 12.1 Å². The van der Waals surface area contributed by atoms with Crippen LogP contribution in [0.15, 0.2) is 40.9 Å². The minimum atomic E-state index is -1.17. The fourth-order valence-corrected chi connectivity index (χ4v) is 2.19. The smallest absolute Gasteiger partial charge is 0.337 e. The molecular formula is C13H7BrClNO5. The third-order valence-electron chi connectivity index (χ3n) is 2.52. The topological polar surface area (TPSA) is 89.7 Å². The summed E-state index contributed by atoms with van der Waals surface area (Å²) in [6.07, 6.45) is 0. The van der Waals surface area contributed by atoms with Crippen molar-refractivity contribution in [1.82, 2.24) is 0 Å². The van der Waals surface area contributed by atoms with Gasteiger partial charge in [-0.3, -0.25) is 10.1 Å². The summed E-state index contributed by atoms with van der Waals surface area (Å²) >= 11 is 8.92. The molecule has 0 saturated heterocycles. The van der Waals surface area contributed by atoms with E-state index in [1.165, 1.54) is 36.4 Å². The molecular weight excluding hydrogens is 366 g/mol. The van der Waals surface area contributed by atoms with Crippen molar-refractivity contribution in [3.8, 4) is 11.5 Å². The average Bonchev–Trinajstić information content (AvgIpc) is 2.42. The van der Waals surface area contributed by atoms with Gasteiger partial charge in [-0.25, -0.2) is 4.79 Å². The van der Waals surface area contributed by atoms with Crippen LogP contribution in [0.25, 0.3) is 0 Å². The lowest BCUT2D eigenvalue weighted by Gasteiger charge is -2.09. The SMILES string of the molecule is O=C(O)c1cc(Oc2ccc([N+](=O)[O-])cc2Br)ccc1Cl. The van der Waals surface area contributed by atoms with E-state index in [-0.39, 0.29) is 22.0 Å². The number of nitrogens with zero attached hydrogens (tertiary/aromatic N) is 1. The highest BCUT2D eigenvalue weighted by atomic mass is 79.9. The molecule has 0 aliphatic carbocycles. The Hall–Kier alpha value is -2.12. The van der Waals surface area contributed by atoms with E-state index in [2.05, 4.69) is 15.9 Å². The van der Waals surface area contributed by atoms with Crippen LogP contribution in [-0.2, 0) is 0 Å². The first-order chi connectivity index (χ1) is 9.88. The van der Waals surface area contributed by atoms with Crippen LogP contribution in [0.5, 0.6) is 11.5 Å². The fraction of sp³-hybridized carbons (Fsp3) is 0. The van der Waals surface area contributed by atoms with Gasteiger partial charge in [0.2, 0.25) is 0 Å². The summed E-state index contributed by atoms with van der Waals surface area (Å²) in [6, 6.07) is 8.18. The number of hydrogen-bond acceptors (Lipinski definition) is 4. The number of hydrogen-bond donors (Lipinski definition) is 1. The maximum Gasteiger partial charge on any atom is 0.337 e. The van der Waals surface area contributed by atoms with E-state index >= 15 is 0 Å². The predicted molar refractivity (Wildman–Crippen MR) is 79.3 cm³/mol. The van der Waals surface area contributed by atoms with Crippen LogP contribution >= 0.6 is 27.5 Å². The molecule has 1 N–H and O–H groups in total. The maximum atomic E-state index is 11.0. The number of benzene rings is 2. The minimum absolute atomic E-state index is 0.0865. The minimum Gasteiger partial charge on any atom is -0.478 e. The lowest BCUT2D eigenvalue weighted by atomic mass is 10.2. The van der Waals surface area contributed by atoms with Gasteiger partial charge in [-0.2, -0.15) is 0 Å². The normalized spacial score (nSPS) is 10.2. The summed E-state index contributed by atoms with van der Waals surface area (Å²) in [7, 11) is 0. The van der Waals surface area contributed by atoms with E-state index in [1.807, 2.05) is 0 Å². The van der Waals surface area contributed by atoms with Crippen LogP contribution in [0.3, 0.4) is 0 Å². The molecule has 21 heavy (non-hydrogen) atoms. The Kier molecular flexibility index (Phi) is 4.44. The van der Waals surface area contributed by atoms with Gasteiger partial charge in [0.1, 0.15) is 11.5 Å². The zero-order chi connectivity index (χ0) is 15.6. The van der Waals surface area contributed by atoms with Crippen LogP contribution in [0.2, 0.25) is 5.02 Å². The van der Waals surface area contributed by atoms with Gasteiger partial charge in [-0.1, -0.05) is 11.6 Å². The number of ether oxygens (including phenoxy) is 1. The maximum absolute atomic E-state index is 11.0. The van der Waals surface area contributed by atoms with Gasteiger partial charge in [0.15, 0.2) is 0 Å². The second-order valence-corrected chi connectivity index (χ2v) is 5.18. The highest BCUT2D eigenvalue weighted by Gasteiger charge is 2.13. The number of halogens is 2. The van der Waals surface area contributed by atoms with E-state index in [0.29, 0.717) is 10.2 Å². The molecule has 0 aromatic heterocycles. The van der Waals surface area contributed by atoms with Crippen LogP contribution in [0, 0.1) is 10.1 Å². The highest BCUT2D eigenvalue weighted by Crippen LogP contribution is 2.33. The van der Waals surface area contributed by atoms with Gasteiger partial charge < -0.3 is 9.84 Å². The molecule has 0 bridgehead atoms. The monoisotopic (exact) mass is 371 g/mol. The summed E-state index contributed by atoms with van der Waals surface area (Å²) in [5, 5.41) is 19.7. The van der Waals surface area contributed by atoms with Crippen molar-refractivity contribution >= 4 is 39.2 Å². The van der Waals surface area contributed by atoms with E-state index < -0.39 is 10.9 Å². The number of carboxylic acids is 1. The predicted octanol–water partition coefficient (Wildman–Crippen LogP) is 4.50. The molecule has 2 rings (SSSR count).